The summed E-state index contributed by atoms with van der Waals surface area (Å²) in [4.78, 5) is 28.5. The Balaban J connectivity index is 2.48. The largest absolute Gasteiger partial charge is 0.285 e. The molecule has 1 atom stereocenters. The number of hydrogen-bond acceptors (Lipinski definition) is 4. The van der Waals surface area contributed by atoms with E-state index in [9.17, 15) is 14.9 Å². The first-order chi connectivity index (χ1) is 7.09. The molecule has 6 nitrogen and oxygen atoms in total. The van der Waals surface area contributed by atoms with Crippen LogP contribution in [0.3, 0.4) is 0 Å². The minimum Gasteiger partial charge on any atom is -0.271 e. The number of allylic oxidation sites excluding steroid dienone is 2. The van der Waals surface area contributed by atoms with Gasteiger partial charge in [0.25, 0.3) is 11.6 Å². The van der Waals surface area contributed by atoms with Crippen molar-refractivity contribution in [2.75, 3.05) is 0 Å². The third-order valence-electron chi connectivity index (χ3n) is 2.02. The van der Waals surface area contributed by atoms with Gasteiger partial charge in [-0.15, -0.1) is 0 Å². The van der Waals surface area contributed by atoms with Gasteiger partial charge in [0.15, 0.2) is 0 Å². The molecule has 0 aromatic rings. The highest BCUT2D eigenvalue weighted by atomic mass is 35.5. The molecule has 76 valence electrons. The second-order valence-corrected chi connectivity index (χ2v) is 3.32. The molecule has 1 aliphatic heterocycles. The molecule has 15 heavy (non-hydrogen) atoms. The maximum absolute atomic E-state index is 11.3. The van der Waals surface area contributed by atoms with Gasteiger partial charge in [-0.25, -0.2) is 9.98 Å². The molecule has 1 heterocycles. The topological polar surface area (TPSA) is 84.9 Å². The van der Waals surface area contributed by atoms with Crippen molar-refractivity contribution in [2.24, 2.45) is 15.9 Å². The van der Waals surface area contributed by atoms with Crippen molar-refractivity contribution in [3.8, 4) is 0 Å². The molecular weight excluding hydrogens is 222 g/mol. The number of hydrogen-bond donors (Lipinski definition) is 0. The van der Waals surface area contributed by atoms with Gasteiger partial charge in [0.05, 0.1) is 10.6 Å². The normalized spacial score (nSPS) is 23.9. The fourth-order valence-electron chi connectivity index (χ4n) is 1.31. The van der Waals surface area contributed by atoms with Crippen LogP contribution in [0, 0.1) is 16.0 Å². The van der Waals surface area contributed by atoms with E-state index < -0.39 is 16.7 Å². The third kappa shape index (κ3) is 1.59. The Morgan fingerprint density at radius 3 is 2.93 bits per heavy atom. The average Bonchev–Trinajstić information content (AvgIpc) is 2.16. The number of rotatable bonds is 1. The van der Waals surface area contributed by atoms with E-state index in [1.807, 2.05) is 0 Å². The quantitative estimate of drug-likeness (QED) is 0.491. The first-order valence-corrected chi connectivity index (χ1v) is 4.35. The van der Waals surface area contributed by atoms with Gasteiger partial charge in [-0.3, -0.25) is 14.9 Å². The maximum atomic E-state index is 11.3. The average molecular weight is 226 g/mol. The molecule has 2 rings (SSSR count). The van der Waals surface area contributed by atoms with Gasteiger partial charge in [0.1, 0.15) is 17.3 Å². The Bertz CT molecular complexity index is 476. The van der Waals surface area contributed by atoms with E-state index in [-0.39, 0.29) is 10.7 Å². The number of amides is 1. The van der Waals surface area contributed by atoms with Crippen molar-refractivity contribution in [3.05, 3.63) is 33.0 Å². The summed E-state index contributed by atoms with van der Waals surface area (Å²) < 4.78 is 0. The van der Waals surface area contributed by atoms with E-state index in [0.29, 0.717) is 5.71 Å². The van der Waals surface area contributed by atoms with Gasteiger partial charge >= 0.3 is 0 Å². The molecule has 0 N–H and O–H groups in total. The summed E-state index contributed by atoms with van der Waals surface area (Å²) in [6.45, 7) is 0. The van der Waals surface area contributed by atoms with Gasteiger partial charge in [0.2, 0.25) is 0 Å². The Morgan fingerprint density at radius 1 is 1.53 bits per heavy atom. The molecule has 1 amide bonds. The lowest BCUT2D eigenvalue weighted by molar-refractivity contribution is -0.420. The summed E-state index contributed by atoms with van der Waals surface area (Å²) >= 11 is 5.66. The van der Waals surface area contributed by atoms with Crippen LogP contribution in [0.2, 0.25) is 0 Å². The Labute approximate surface area is 88.8 Å². The van der Waals surface area contributed by atoms with Crippen LogP contribution >= 0.6 is 11.6 Å². The molecule has 0 saturated heterocycles. The number of halogens is 1. The number of carbonyl (C=O) groups is 1. The molecule has 2 aliphatic rings. The molecule has 0 fully saturated rings. The van der Waals surface area contributed by atoms with Crippen molar-refractivity contribution in [3.63, 3.8) is 0 Å². The lowest BCUT2D eigenvalue weighted by Gasteiger charge is -2.15. The fraction of sp³-hybridized carbons (Fsp3) is 0.125. The zero-order valence-corrected chi connectivity index (χ0v) is 8.01. The molecular formula is C8H4ClN3O3. The Morgan fingerprint density at radius 2 is 2.27 bits per heavy atom. The zero-order valence-electron chi connectivity index (χ0n) is 7.25. The fourth-order valence-corrected chi connectivity index (χ4v) is 1.56. The van der Waals surface area contributed by atoms with E-state index in [1.165, 1.54) is 12.2 Å². The summed E-state index contributed by atoms with van der Waals surface area (Å²) in [7, 11) is 0. The molecule has 0 aromatic carbocycles. The van der Waals surface area contributed by atoms with E-state index >= 15 is 0 Å². The zero-order chi connectivity index (χ0) is 11.0. The van der Waals surface area contributed by atoms with Gasteiger partial charge < -0.3 is 0 Å². The van der Waals surface area contributed by atoms with E-state index in [2.05, 4.69) is 9.98 Å². The number of fused-ring (bicyclic) bond motifs is 1. The maximum Gasteiger partial charge on any atom is 0.285 e. The number of nitrogens with zero attached hydrogens (tertiary/aromatic N) is 3. The minimum atomic E-state index is -0.780. The molecule has 0 bridgehead atoms. The van der Waals surface area contributed by atoms with Crippen LogP contribution in [0.1, 0.15) is 0 Å². The van der Waals surface area contributed by atoms with E-state index in [0.717, 1.165) is 6.34 Å². The monoisotopic (exact) mass is 225 g/mol. The summed E-state index contributed by atoms with van der Waals surface area (Å²) in [5, 5.41) is 10.5. The SMILES string of the molecule is O=C1N=CN=C2C=C(Cl)C([N+](=O)[O-])=CC12. The van der Waals surface area contributed by atoms with Crippen molar-refractivity contribution in [2.45, 2.75) is 0 Å². The molecule has 0 saturated carbocycles. The summed E-state index contributed by atoms with van der Waals surface area (Å²) in [6.07, 6.45) is 3.59. The molecule has 0 radical (unpaired) electrons. The molecule has 0 spiro atoms. The number of aliphatic imine (C=N–C) groups is 2. The van der Waals surface area contributed by atoms with Crippen LogP contribution in [0.4, 0.5) is 0 Å². The highest BCUT2D eigenvalue weighted by Crippen LogP contribution is 2.26. The predicted octanol–water partition coefficient (Wildman–Crippen LogP) is 0.909. The second-order valence-electron chi connectivity index (χ2n) is 2.92. The van der Waals surface area contributed by atoms with Gasteiger partial charge in [0, 0.05) is 6.08 Å². The van der Waals surface area contributed by atoms with Crippen LogP contribution in [0.5, 0.6) is 0 Å². The third-order valence-corrected chi connectivity index (χ3v) is 2.32. The van der Waals surface area contributed by atoms with Crippen LogP contribution in [0.25, 0.3) is 0 Å². The van der Waals surface area contributed by atoms with Crippen molar-refractivity contribution >= 4 is 29.6 Å². The number of carbonyl (C=O) groups excluding carboxylic acids is 1. The van der Waals surface area contributed by atoms with E-state index in [4.69, 9.17) is 11.6 Å². The van der Waals surface area contributed by atoms with Crippen molar-refractivity contribution in [1.29, 1.82) is 0 Å². The first-order valence-electron chi connectivity index (χ1n) is 3.97. The van der Waals surface area contributed by atoms with Crippen molar-refractivity contribution in [1.82, 2.24) is 0 Å². The lowest BCUT2D eigenvalue weighted by Crippen LogP contribution is -2.26. The summed E-state index contributed by atoms with van der Waals surface area (Å²) in [6, 6.07) is 0. The number of nitro groups is 1. The highest BCUT2D eigenvalue weighted by molar-refractivity contribution is 6.35. The van der Waals surface area contributed by atoms with Crippen molar-refractivity contribution < 1.29 is 9.72 Å². The van der Waals surface area contributed by atoms with Crippen LogP contribution in [-0.2, 0) is 4.79 Å². The second kappa shape index (κ2) is 3.39. The van der Waals surface area contributed by atoms with Crippen LogP contribution < -0.4 is 0 Å². The molecule has 1 aliphatic carbocycles. The molecule has 0 aromatic heterocycles. The highest BCUT2D eigenvalue weighted by Gasteiger charge is 2.32. The Kier molecular flexibility index (Phi) is 2.20. The van der Waals surface area contributed by atoms with Gasteiger partial charge in [-0.05, 0) is 6.08 Å². The molecule has 1 unspecified atom stereocenters. The van der Waals surface area contributed by atoms with Gasteiger partial charge in [-0.2, -0.15) is 0 Å². The minimum absolute atomic E-state index is 0.0295. The lowest BCUT2D eigenvalue weighted by atomic mass is 9.95. The van der Waals surface area contributed by atoms with Crippen LogP contribution in [-0.4, -0.2) is 22.9 Å². The first kappa shape index (κ1) is 9.72. The summed E-state index contributed by atoms with van der Waals surface area (Å²) in [5.74, 6) is -1.25. The standard InChI is InChI=1S/C8H4ClN3O3/c9-5-2-6-4(1-7(5)12(14)15)8(13)11-3-10-6/h1-4H. The molecule has 7 heteroatoms. The smallest absolute Gasteiger partial charge is 0.271 e. The Hall–Kier alpha value is -1.82. The van der Waals surface area contributed by atoms with Gasteiger partial charge in [-0.1, -0.05) is 11.6 Å². The van der Waals surface area contributed by atoms with E-state index in [1.54, 1.807) is 0 Å². The summed E-state index contributed by atoms with van der Waals surface area (Å²) in [5.41, 5.74) is 0.0941. The van der Waals surface area contributed by atoms with Crippen LogP contribution in [0.15, 0.2) is 32.9 Å². The predicted molar refractivity (Wildman–Crippen MR) is 53.4 cm³/mol.